The van der Waals surface area contributed by atoms with Crippen LogP contribution >= 0.6 is 0 Å². The van der Waals surface area contributed by atoms with Crippen LogP contribution in [-0.2, 0) is 0 Å². The Morgan fingerprint density at radius 3 is 1.85 bits per heavy atom. The smallest absolute Gasteiger partial charge is 0.319 e. The first kappa shape index (κ1) is 19.5. The SMILES string of the molecule is Cc1ccc(NC(=O)NC2CCCCC2)cc1NC(=O)NC1CCCCC1. The average molecular weight is 373 g/mol. The summed E-state index contributed by atoms with van der Waals surface area (Å²) in [5, 5.41) is 11.9. The minimum Gasteiger partial charge on any atom is -0.335 e. The van der Waals surface area contributed by atoms with Gasteiger partial charge in [0.2, 0.25) is 0 Å². The molecular formula is C21H32N4O2. The van der Waals surface area contributed by atoms with Crippen LogP contribution in [0.5, 0.6) is 0 Å². The fourth-order valence-electron chi connectivity index (χ4n) is 4.02. The maximum Gasteiger partial charge on any atom is 0.319 e. The number of nitrogens with one attached hydrogen (secondary N) is 4. The van der Waals surface area contributed by atoms with E-state index in [4.69, 9.17) is 0 Å². The lowest BCUT2D eigenvalue weighted by Crippen LogP contribution is -2.39. The van der Waals surface area contributed by atoms with E-state index in [1.54, 1.807) is 0 Å². The van der Waals surface area contributed by atoms with Gasteiger partial charge in [-0.15, -0.1) is 0 Å². The van der Waals surface area contributed by atoms with Gasteiger partial charge < -0.3 is 21.3 Å². The van der Waals surface area contributed by atoms with Crippen LogP contribution in [-0.4, -0.2) is 24.1 Å². The Balaban J connectivity index is 1.53. The van der Waals surface area contributed by atoms with E-state index >= 15 is 0 Å². The Morgan fingerprint density at radius 1 is 0.778 bits per heavy atom. The summed E-state index contributed by atoms with van der Waals surface area (Å²) < 4.78 is 0. The summed E-state index contributed by atoms with van der Waals surface area (Å²) in [6, 6.07) is 5.77. The van der Waals surface area contributed by atoms with E-state index in [1.807, 2.05) is 25.1 Å². The zero-order valence-electron chi connectivity index (χ0n) is 16.3. The van der Waals surface area contributed by atoms with E-state index in [0.717, 1.165) is 36.9 Å². The standard InChI is InChI=1S/C21H32N4O2/c1-15-12-13-18(24-20(26)22-16-8-4-2-5-9-16)14-19(15)25-21(27)23-17-10-6-3-7-11-17/h12-14,16-17H,2-11H2,1H3,(H2,22,24,26)(H2,23,25,27). The number of carbonyl (C=O) groups excluding carboxylic acids is 2. The first-order valence-corrected chi connectivity index (χ1v) is 10.4. The second-order valence-corrected chi connectivity index (χ2v) is 7.90. The Kier molecular flexibility index (Phi) is 6.96. The molecule has 27 heavy (non-hydrogen) atoms. The maximum absolute atomic E-state index is 12.3. The zero-order valence-corrected chi connectivity index (χ0v) is 16.3. The van der Waals surface area contributed by atoms with Gasteiger partial charge in [0.05, 0.1) is 0 Å². The molecule has 0 heterocycles. The van der Waals surface area contributed by atoms with Crippen molar-refractivity contribution in [1.29, 1.82) is 0 Å². The summed E-state index contributed by atoms with van der Waals surface area (Å²) >= 11 is 0. The van der Waals surface area contributed by atoms with Gasteiger partial charge >= 0.3 is 12.1 Å². The van der Waals surface area contributed by atoms with E-state index in [1.165, 1.54) is 38.5 Å². The Morgan fingerprint density at radius 2 is 1.30 bits per heavy atom. The number of aryl methyl sites for hydroxylation is 1. The first-order valence-electron chi connectivity index (χ1n) is 10.4. The highest BCUT2D eigenvalue weighted by Crippen LogP contribution is 2.22. The van der Waals surface area contributed by atoms with Crippen molar-refractivity contribution >= 4 is 23.4 Å². The summed E-state index contributed by atoms with van der Waals surface area (Å²) in [6.45, 7) is 1.95. The topological polar surface area (TPSA) is 82.3 Å². The molecule has 0 atom stereocenters. The summed E-state index contributed by atoms with van der Waals surface area (Å²) in [7, 11) is 0. The van der Waals surface area contributed by atoms with Crippen LogP contribution in [0.15, 0.2) is 18.2 Å². The normalized spacial score (nSPS) is 18.6. The van der Waals surface area contributed by atoms with Crippen molar-refractivity contribution in [3.63, 3.8) is 0 Å². The summed E-state index contributed by atoms with van der Waals surface area (Å²) in [5.74, 6) is 0. The monoisotopic (exact) mass is 372 g/mol. The van der Waals surface area contributed by atoms with Crippen LogP contribution in [0.3, 0.4) is 0 Å². The quantitative estimate of drug-likeness (QED) is 0.606. The van der Waals surface area contributed by atoms with Gasteiger partial charge in [-0.05, 0) is 50.3 Å². The minimum absolute atomic E-state index is 0.172. The van der Waals surface area contributed by atoms with Crippen LogP contribution in [0.2, 0.25) is 0 Å². The molecule has 4 amide bonds. The summed E-state index contributed by atoms with van der Waals surface area (Å²) in [6.07, 6.45) is 11.4. The second kappa shape index (κ2) is 9.62. The van der Waals surface area contributed by atoms with Gasteiger partial charge in [0.15, 0.2) is 0 Å². The van der Waals surface area contributed by atoms with Crippen molar-refractivity contribution in [3.8, 4) is 0 Å². The highest BCUT2D eigenvalue weighted by Gasteiger charge is 2.17. The molecule has 0 aliphatic heterocycles. The number of urea groups is 2. The van der Waals surface area contributed by atoms with Gasteiger partial charge in [-0.3, -0.25) is 0 Å². The van der Waals surface area contributed by atoms with Gasteiger partial charge in [0.1, 0.15) is 0 Å². The largest absolute Gasteiger partial charge is 0.335 e. The molecule has 2 aliphatic rings. The number of anilines is 2. The molecule has 1 aromatic carbocycles. The highest BCUT2D eigenvalue weighted by atomic mass is 16.2. The zero-order chi connectivity index (χ0) is 19.1. The van der Waals surface area contributed by atoms with Crippen molar-refractivity contribution in [1.82, 2.24) is 10.6 Å². The third-order valence-electron chi connectivity index (χ3n) is 5.62. The number of hydrogen-bond acceptors (Lipinski definition) is 2. The molecule has 6 nitrogen and oxygen atoms in total. The lowest BCUT2D eigenvalue weighted by Gasteiger charge is -2.23. The number of carbonyl (C=O) groups is 2. The molecule has 148 valence electrons. The molecule has 0 unspecified atom stereocenters. The first-order chi connectivity index (χ1) is 13.1. The van der Waals surface area contributed by atoms with Gasteiger partial charge in [0, 0.05) is 23.5 Å². The van der Waals surface area contributed by atoms with Gasteiger partial charge in [-0.1, -0.05) is 44.6 Å². The molecule has 2 fully saturated rings. The fraction of sp³-hybridized carbons (Fsp3) is 0.619. The Labute approximate surface area is 161 Å². The predicted molar refractivity (Wildman–Crippen MR) is 109 cm³/mol. The average Bonchev–Trinajstić information content (AvgIpc) is 2.66. The number of benzene rings is 1. The van der Waals surface area contributed by atoms with Gasteiger partial charge in [-0.25, -0.2) is 9.59 Å². The summed E-state index contributed by atoms with van der Waals surface area (Å²) in [4.78, 5) is 24.5. The van der Waals surface area contributed by atoms with Gasteiger partial charge in [-0.2, -0.15) is 0 Å². The van der Waals surface area contributed by atoms with Crippen LogP contribution in [0, 0.1) is 6.92 Å². The minimum atomic E-state index is -0.177. The number of amides is 4. The molecule has 0 bridgehead atoms. The molecule has 0 spiro atoms. The van der Waals surface area contributed by atoms with Crippen LogP contribution < -0.4 is 21.3 Å². The molecule has 2 saturated carbocycles. The number of rotatable bonds is 4. The van der Waals surface area contributed by atoms with Crippen molar-refractivity contribution in [2.75, 3.05) is 10.6 Å². The van der Waals surface area contributed by atoms with Crippen molar-refractivity contribution in [2.45, 2.75) is 83.2 Å². The van der Waals surface area contributed by atoms with Crippen molar-refractivity contribution < 1.29 is 9.59 Å². The van der Waals surface area contributed by atoms with Crippen LogP contribution in [0.25, 0.3) is 0 Å². The second-order valence-electron chi connectivity index (χ2n) is 7.90. The molecule has 1 aromatic rings. The fourth-order valence-corrected chi connectivity index (χ4v) is 4.02. The van der Waals surface area contributed by atoms with E-state index in [-0.39, 0.29) is 24.1 Å². The molecule has 3 rings (SSSR count). The van der Waals surface area contributed by atoms with Crippen LogP contribution in [0.4, 0.5) is 21.0 Å². The lowest BCUT2D eigenvalue weighted by atomic mass is 9.96. The Hall–Kier alpha value is -2.24. The number of hydrogen-bond donors (Lipinski definition) is 4. The molecule has 2 aliphatic carbocycles. The van der Waals surface area contributed by atoms with Crippen molar-refractivity contribution in [2.24, 2.45) is 0 Å². The third-order valence-corrected chi connectivity index (χ3v) is 5.62. The van der Waals surface area contributed by atoms with Crippen LogP contribution in [0.1, 0.15) is 69.8 Å². The third kappa shape index (κ3) is 6.15. The van der Waals surface area contributed by atoms with E-state index in [2.05, 4.69) is 21.3 Å². The van der Waals surface area contributed by atoms with E-state index in [0.29, 0.717) is 5.69 Å². The molecule has 0 aromatic heterocycles. The summed E-state index contributed by atoms with van der Waals surface area (Å²) in [5.41, 5.74) is 2.37. The highest BCUT2D eigenvalue weighted by molar-refractivity contribution is 5.93. The maximum atomic E-state index is 12.3. The van der Waals surface area contributed by atoms with Gasteiger partial charge in [0.25, 0.3) is 0 Å². The van der Waals surface area contributed by atoms with Crippen molar-refractivity contribution in [3.05, 3.63) is 23.8 Å². The van der Waals surface area contributed by atoms with E-state index < -0.39 is 0 Å². The molecule has 6 heteroatoms. The molecule has 0 radical (unpaired) electrons. The molecular weight excluding hydrogens is 340 g/mol. The van der Waals surface area contributed by atoms with E-state index in [9.17, 15) is 9.59 Å². The lowest BCUT2D eigenvalue weighted by molar-refractivity contribution is 0.243. The molecule has 4 N–H and O–H groups in total. The predicted octanol–water partition coefficient (Wildman–Crippen LogP) is 4.90. The Bertz CT molecular complexity index is 650. The molecule has 0 saturated heterocycles.